The van der Waals surface area contributed by atoms with Crippen LogP contribution in [0.2, 0.25) is 0 Å². The molecule has 1 amide bonds. The van der Waals surface area contributed by atoms with E-state index in [-0.39, 0.29) is 23.6 Å². The Morgan fingerprint density at radius 2 is 1.93 bits per heavy atom. The third-order valence-electron chi connectivity index (χ3n) is 5.34. The number of rotatable bonds is 4. The maximum atomic E-state index is 13.6. The van der Waals surface area contributed by atoms with Gasteiger partial charge in [-0.15, -0.1) is 0 Å². The number of halogens is 1. The quantitative estimate of drug-likeness (QED) is 0.831. The standard InChI is InChI=1S/C21H24FN3O2/c22-18-12-17(13-23-14-18)21(26)25-10-11-27-19(15-24-8-4-5-9-24)20(25)16-6-2-1-3-7-16/h1-3,6-7,12-14,19-20H,4-5,8-11,15H2/t19-,20-/m0/s1. The van der Waals surface area contributed by atoms with Crippen molar-refractivity contribution in [2.75, 3.05) is 32.8 Å². The second-order valence-corrected chi connectivity index (χ2v) is 7.16. The first kappa shape index (κ1) is 18.1. The molecule has 0 unspecified atom stereocenters. The molecule has 3 heterocycles. The van der Waals surface area contributed by atoms with E-state index in [9.17, 15) is 9.18 Å². The lowest BCUT2D eigenvalue weighted by Crippen LogP contribution is -2.51. The normalized spacial score (nSPS) is 23.5. The molecule has 2 aliphatic heterocycles. The maximum absolute atomic E-state index is 13.6. The topological polar surface area (TPSA) is 45.7 Å². The Balaban J connectivity index is 1.64. The lowest BCUT2D eigenvalue weighted by Gasteiger charge is -2.42. The molecule has 5 nitrogen and oxygen atoms in total. The summed E-state index contributed by atoms with van der Waals surface area (Å²) in [6.45, 7) is 3.90. The predicted octanol–water partition coefficient (Wildman–Crippen LogP) is 2.90. The summed E-state index contributed by atoms with van der Waals surface area (Å²) in [6, 6.07) is 11.0. The van der Waals surface area contributed by atoms with Crippen LogP contribution < -0.4 is 0 Å². The molecule has 2 aliphatic rings. The van der Waals surface area contributed by atoms with Crippen molar-refractivity contribution in [3.63, 3.8) is 0 Å². The minimum atomic E-state index is -0.501. The molecule has 0 spiro atoms. The van der Waals surface area contributed by atoms with Crippen molar-refractivity contribution >= 4 is 5.91 Å². The molecule has 0 N–H and O–H groups in total. The Morgan fingerprint density at radius 1 is 1.15 bits per heavy atom. The van der Waals surface area contributed by atoms with Gasteiger partial charge in [0.2, 0.25) is 0 Å². The van der Waals surface area contributed by atoms with Gasteiger partial charge in [0, 0.05) is 19.3 Å². The van der Waals surface area contributed by atoms with E-state index in [1.807, 2.05) is 35.2 Å². The molecule has 2 saturated heterocycles. The molecule has 142 valence electrons. The summed E-state index contributed by atoms with van der Waals surface area (Å²) in [5.41, 5.74) is 1.32. The van der Waals surface area contributed by atoms with Crippen LogP contribution in [0.1, 0.15) is 34.8 Å². The molecule has 4 rings (SSSR count). The fraction of sp³-hybridized carbons (Fsp3) is 0.429. The van der Waals surface area contributed by atoms with E-state index < -0.39 is 5.82 Å². The number of carbonyl (C=O) groups excluding carboxylic acids is 1. The zero-order chi connectivity index (χ0) is 18.6. The summed E-state index contributed by atoms with van der Waals surface area (Å²) >= 11 is 0. The number of morpholine rings is 1. The van der Waals surface area contributed by atoms with Crippen LogP contribution in [0.15, 0.2) is 48.8 Å². The van der Waals surface area contributed by atoms with E-state index in [1.54, 1.807) is 0 Å². The average molecular weight is 369 g/mol. The molecular weight excluding hydrogens is 345 g/mol. The van der Waals surface area contributed by atoms with Crippen LogP contribution in [0.5, 0.6) is 0 Å². The highest BCUT2D eigenvalue weighted by Crippen LogP contribution is 2.32. The molecule has 2 aromatic rings. The molecule has 1 aromatic carbocycles. The largest absolute Gasteiger partial charge is 0.373 e. The first-order chi connectivity index (χ1) is 13.2. The Morgan fingerprint density at radius 3 is 2.67 bits per heavy atom. The number of amides is 1. The molecule has 0 aliphatic carbocycles. The number of pyridine rings is 1. The van der Waals surface area contributed by atoms with E-state index >= 15 is 0 Å². The highest BCUT2D eigenvalue weighted by Gasteiger charge is 2.38. The third kappa shape index (κ3) is 4.01. The number of hydrogen-bond donors (Lipinski definition) is 0. The molecule has 0 saturated carbocycles. The lowest BCUT2D eigenvalue weighted by atomic mass is 9.96. The number of hydrogen-bond acceptors (Lipinski definition) is 4. The molecule has 2 atom stereocenters. The fourth-order valence-corrected chi connectivity index (χ4v) is 4.07. The number of likely N-dealkylation sites (tertiary alicyclic amines) is 1. The van der Waals surface area contributed by atoms with Crippen molar-refractivity contribution in [3.8, 4) is 0 Å². The van der Waals surface area contributed by atoms with Crippen LogP contribution in [0, 0.1) is 5.82 Å². The second-order valence-electron chi connectivity index (χ2n) is 7.16. The van der Waals surface area contributed by atoms with Crippen molar-refractivity contribution in [3.05, 3.63) is 65.7 Å². The first-order valence-corrected chi connectivity index (χ1v) is 9.53. The van der Waals surface area contributed by atoms with Gasteiger partial charge in [-0.2, -0.15) is 0 Å². The lowest BCUT2D eigenvalue weighted by molar-refractivity contribution is -0.0707. The smallest absolute Gasteiger partial charge is 0.256 e. The van der Waals surface area contributed by atoms with E-state index in [1.165, 1.54) is 25.1 Å². The van der Waals surface area contributed by atoms with E-state index in [0.29, 0.717) is 13.2 Å². The van der Waals surface area contributed by atoms with Crippen molar-refractivity contribution in [1.29, 1.82) is 0 Å². The van der Waals surface area contributed by atoms with Gasteiger partial charge in [0.15, 0.2) is 0 Å². The van der Waals surface area contributed by atoms with E-state index in [4.69, 9.17) is 4.74 Å². The summed E-state index contributed by atoms with van der Waals surface area (Å²) in [7, 11) is 0. The Labute approximate surface area is 158 Å². The van der Waals surface area contributed by atoms with Gasteiger partial charge in [-0.05, 0) is 37.6 Å². The number of aromatic nitrogens is 1. The summed E-state index contributed by atoms with van der Waals surface area (Å²) in [4.78, 5) is 21.2. The SMILES string of the molecule is O=C(c1cncc(F)c1)N1CCO[C@@H](CN2CCCC2)[C@@H]1c1ccccc1. The number of nitrogens with zero attached hydrogens (tertiary/aromatic N) is 3. The predicted molar refractivity (Wildman–Crippen MR) is 99.8 cm³/mol. The van der Waals surface area contributed by atoms with Crippen LogP contribution in [-0.4, -0.2) is 59.6 Å². The highest BCUT2D eigenvalue weighted by atomic mass is 19.1. The van der Waals surface area contributed by atoms with Crippen LogP contribution >= 0.6 is 0 Å². The summed E-state index contributed by atoms with van der Waals surface area (Å²) < 4.78 is 19.7. The zero-order valence-electron chi connectivity index (χ0n) is 15.3. The fourth-order valence-electron chi connectivity index (χ4n) is 4.07. The number of ether oxygens (including phenoxy) is 1. The number of benzene rings is 1. The second kappa shape index (κ2) is 8.15. The molecular formula is C21H24FN3O2. The van der Waals surface area contributed by atoms with Crippen molar-refractivity contribution < 1.29 is 13.9 Å². The molecule has 0 bridgehead atoms. The molecule has 1 aromatic heterocycles. The van der Waals surface area contributed by atoms with Crippen LogP contribution in [0.25, 0.3) is 0 Å². The van der Waals surface area contributed by atoms with Crippen molar-refractivity contribution in [2.45, 2.75) is 25.0 Å². The Hall–Kier alpha value is -2.31. The van der Waals surface area contributed by atoms with Gasteiger partial charge in [0.1, 0.15) is 5.82 Å². The van der Waals surface area contributed by atoms with Gasteiger partial charge in [0.05, 0.1) is 30.5 Å². The van der Waals surface area contributed by atoms with Crippen LogP contribution in [0.3, 0.4) is 0 Å². The minimum absolute atomic E-state index is 0.107. The van der Waals surface area contributed by atoms with Gasteiger partial charge >= 0.3 is 0 Å². The average Bonchev–Trinajstić information content (AvgIpc) is 3.21. The monoisotopic (exact) mass is 369 g/mol. The van der Waals surface area contributed by atoms with E-state index in [2.05, 4.69) is 9.88 Å². The minimum Gasteiger partial charge on any atom is -0.373 e. The zero-order valence-corrected chi connectivity index (χ0v) is 15.3. The Kier molecular flexibility index (Phi) is 5.45. The van der Waals surface area contributed by atoms with Gasteiger partial charge < -0.3 is 14.5 Å². The summed E-state index contributed by atoms with van der Waals surface area (Å²) in [5.74, 6) is -0.704. The highest BCUT2D eigenvalue weighted by molar-refractivity contribution is 5.94. The van der Waals surface area contributed by atoms with Crippen LogP contribution in [0.4, 0.5) is 4.39 Å². The van der Waals surface area contributed by atoms with Gasteiger partial charge in [0.25, 0.3) is 5.91 Å². The van der Waals surface area contributed by atoms with E-state index in [0.717, 1.165) is 31.4 Å². The molecule has 6 heteroatoms. The maximum Gasteiger partial charge on any atom is 0.256 e. The molecule has 0 radical (unpaired) electrons. The van der Waals surface area contributed by atoms with Crippen LogP contribution in [-0.2, 0) is 4.74 Å². The molecule has 27 heavy (non-hydrogen) atoms. The van der Waals surface area contributed by atoms with Crippen molar-refractivity contribution in [2.24, 2.45) is 0 Å². The third-order valence-corrected chi connectivity index (χ3v) is 5.34. The van der Waals surface area contributed by atoms with Gasteiger partial charge in [-0.3, -0.25) is 9.78 Å². The Bertz CT molecular complexity index is 780. The molecule has 2 fully saturated rings. The number of carbonyl (C=O) groups is 1. The summed E-state index contributed by atoms with van der Waals surface area (Å²) in [6.07, 6.45) is 4.85. The van der Waals surface area contributed by atoms with Crippen molar-refractivity contribution in [1.82, 2.24) is 14.8 Å². The van der Waals surface area contributed by atoms with Gasteiger partial charge in [-0.1, -0.05) is 30.3 Å². The first-order valence-electron chi connectivity index (χ1n) is 9.53. The van der Waals surface area contributed by atoms with Gasteiger partial charge in [-0.25, -0.2) is 4.39 Å². The summed E-state index contributed by atoms with van der Waals surface area (Å²) in [5, 5.41) is 0.